The van der Waals surface area contributed by atoms with Gasteiger partial charge in [0, 0.05) is 13.6 Å². The van der Waals surface area contributed by atoms with Crippen molar-refractivity contribution in [3.8, 4) is 6.07 Å². The van der Waals surface area contributed by atoms with Crippen LogP contribution in [0.3, 0.4) is 0 Å². The Bertz CT molecular complexity index is 439. The molecule has 0 unspecified atom stereocenters. The maximum absolute atomic E-state index is 10.7. The van der Waals surface area contributed by atoms with Crippen LogP contribution in [0.1, 0.15) is 16.9 Å². The Kier molecular flexibility index (Phi) is 3.67. The van der Waals surface area contributed by atoms with Gasteiger partial charge in [0.25, 0.3) is 0 Å². The van der Waals surface area contributed by atoms with Crippen LogP contribution in [-0.2, 0) is 0 Å². The molecule has 6 nitrogen and oxygen atoms in total. The lowest BCUT2D eigenvalue weighted by Gasteiger charge is -2.18. The average molecular weight is 220 g/mol. The molecule has 0 radical (unpaired) electrons. The van der Waals surface area contributed by atoms with Gasteiger partial charge in [-0.1, -0.05) is 0 Å². The van der Waals surface area contributed by atoms with Crippen LogP contribution in [0.4, 0.5) is 11.5 Å². The topological polar surface area (TPSA) is 103 Å². The Morgan fingerprint density at radius 1 is 1.69 bits per heavy atom. The highest BCUT2D eigenvalue weighted by Gasteiger charge is 2.11. The van der Waals surface area contributed by atoms with Gasteiger partial charge >= 0.3 is 5.97 Å². The van der Waals surface area contributed by atoms with E-state index in [9.17, 15) is 4.79 Å². The van der Waals surface area contributed by atoms with Crippen molar-refractivity contribution in [2.24, 2.45) is 0 Å². The van der Waals surface area contributed by atoms with E-state index in [0.29, 0.717) is 24.5 Å². The van der Waals surface area contributed by atoms with Crippen molar-refractivity contribution in [3.63, 3.8) is 0 Å². The second kappa shape index (κ2) is 4.98. The summed E-state index contributed by atoms with van der Waals surface area (Å²) < 4.78 is 0. The SMILES string of the molecule is CN(CCC#N)c1nc(C(=O)O)ccc1N. The molecular weight excluding hydrogens is 208 g/mol. The first-order valence-electron chi connectivity index (χ1n) is 4.64. The molecule has 1 aromatic heterocycles. The minimum absolute atomic E-state index is 0.0620. The minimum Gasteiger partial charge on any atom is -0.477 e. The molecule has 16 heavy (non-hydrogen) atoms. The van der Waals surface area contributed by atoms with Gasteiger partial charge in [-0.3, -0.25) is 0 Å². The van der Waals surface area contributed by atoms with Crippen LogP contribution < -0.4 is 10.6 Å². The van der Waals surface area contributed by atoms with Gasteiger partial charge in [0.15, 0.2) is 11.5 Å². The van der Waals surface area contributed by atoms with E-state index in [0.717, 1.165) is 0 Å². The van der Waals surface area contributed by atoms with E-state index in [1.54, 1.807) is 11.9 Å². The third kappa shape index (κ3) is 2.60. The van der Waals surface area contributed by atoms with Gasteiger partial charge in [0.2, 0.25) is 0 Å². The van der Waals surface area contributed by atoms with Crippen molar-refractivity contribution in [2.45, 2.75) is 6.42 Å². The predicted molar refractivity (Wildman–Crippen MR) is 59.1 cm³/mol. The molecule has 0 aliphatic rings. The zero-order chi connectivity index (χ0) is 12.1. The number of nitrogens with zero attached hydrogens (tertiary/aromatic N) is 3. The fourth-order valence-corrected chi connectivity index (χ4v) is 1.21. The van der Waals surface area contributed by atoms with Gasteiger partial charge in [0.05, 0.1) is 18.2 Å². The fraction of sp³-hybridized carbons (Fsp3) is 0.300. The lowest BCUT2D eigenvalue weighted by molar-refractivity contribution is 0.0690. The van der Waals surface area contributed by atoms with Crippen molar-refractivity contribution in [3.05, 3.63) is 17.8 Å². The van der Waals surface area contributed by atoms with Gasteiger partial charge < -0.3 is 15.7 Å². The molecule has 0 aliphatic heterocycles. The Hall–Kier alpha value is -2.29. The summed E-state index contributed by atoms with van der Waals surface area (Å²) in [5.74, 6) is -0.718. The summed E-state index contributed by atoms with van der Waals surface area (Å²) in [7, 11) is 1.71. The zero-order valence-corrected chi connectivity index (χ0v) is 8.84. The van der Waals surface area contributed by atoms with Crippen LogP contribution in [-0.4, -0.2) is 29.7 Å². The van der Waals surface area contributed by atoms with Crippen LogP contribution in [0.2, 0.25) is 0 Å². The molecule has 6 heteroatoms. The Labute approximate surface area is 92.9 Å². The normalized spacial score (nSPS) is 9.50. The molecule has 0 aromatic carbocycles. The number of carbonyl (C=O) groups is 1. The van der Waals surface area contributed by atoms with E-state index in [4.69, 9.17) is 16.1 Å². The molecule has 0 amide bonds. The van der Waals surface area contributed by atoms with Crippen LogP contribution in [0.25, 0.3) is 0 Å². The Balaban J connectivity index is 2.98. The fourth-order valence-electron chi connectivity index (χ4n) is 1.21. The summed E-state index contributed by atoms with van der Waals surface area (Å²) in [6, 6.07) is 4.84. The number of pyridine rings is 1. The molecule has 1 heterocycles. The number of nitriles is 1. The lowest BCUT2D eigenvalue weighted by atomic mass is 10.3. The maximum atomic E-state index is 10.7. The van der Waals surface area contributed by atoms with Gasteiger partial charge in [-0.15, -0.1) is 0 Å². The van der Waals surface area contributed by atoms with Gasteiger partial charge in [-0.05, 0) is 12.1 Å². The van der Waals surface area contributed by atoms with E-state index in [1.165, 1.54) is 12.1 Å². The molecule has 0 fully saturated rings. The summed E-state index contributed by atoms with van der Waals surface area (Å²) in [4.78, 5) is 16.3. The van der Waals surface area contributed by atoms with E-state index in [-0.39, 0.29) is 5.69 Å². The van der Waals surface area contributed by atoms with Crippen molar-refractivity contribution < 1.29 is 9.90 Å². The minimum atomic E-state index is -1.10. The maximum Gasteiger partial charge on any atom is 0.354 e. The lowest BCUT2D eigenvalue weighted by Crippen LogP contribution is -2.21. The molecule has 3 N–H and O–H groups in total. The Morgan fingerprint density at radius 3 is 2.94 bits per heavy atom. The number of carboxylic acids is 1. The number of hydrogen-bond donors (Lipinski definition) is 2. The van der Waals surface area contributed by atoms with Crippen molar-refractivity contribution in [1.29, 1.82) is 5.26 Å². The highest BCUT2D eigenvalue weighted by atomic mass is 16.4. The molecule has 1 rings (SSSR count). The number of carboxylic acid groups (broad SMARTS) is 1. The van der Waals surface area contributed by atoms with Gasteiger partial charge in [0.1, 0.15) is 0 Å². The summed E-state index contributed by atoms with van der Waals surface area (Å²) in [5, 5.41) is 17.2. The van der Waals surface area contributed by atoms with E-state index < -0.39 is 5.97 Å². The molecule has 0 saturated heterocycles. The van der Waals surface area contributed by atoms with E-state index in [2.05, 4.69) is 4.98 Å². The first-order valence-corrected chi connectivity index (χ1v) is 4.64. The average Bonchev–Trinajstić information content (AvgIpc) is 2.26. The number of nitrogens with two attached hydrogens (primary N) is 1. The predicted octanol–water partition coefficient (Wildman–Crippen LogP) is 0.712. The first-order chi connectivity index (χ1) is 7.56. The smallest absolute Gasteiger partial charge is 0.354 e. The van der Waals surface area contributed by atoms with Crippen LogP contribution >= 0.6 is 0 Å². The summed E-state index contributed by atoms with van der Waals surface area (Å²) in [6.07, 6.45) is 0.328. The van der Waals surface area contributed by atoms with Crippen molar-refractivity contribution in [2.75, 3.05) is 24.2 Å². The van der Waals surface area contributed by atoms with Crippen LogP contribution in [0, 0.1) is 11.3 Å². The summed E-state index contributed by atoms with van der Waals surface area (Å²) in [6.45, 7) is 0.455. The van der Waals surface area contributed by atoms with Crippen molar-refractivity contribution in [1.82, 2.24) is 4.98 Å². The number of aromatic nitrogens is 1. The van der Waals surface area contributed by atoms with Gasteiger partial charge in [-0.25, -0.2) is 9.78 Å². The molecule has 0 atom stereocenters. The zero-order valence-electron chi connectivity index (χ0n) is 8.84. The summed E-state index contributed by atoms with van der Waals surface area (Å²) in [5.41, 5.74) is 6.01. The standard InChI is InChI=1S/C10H12N4O2/c1-14(6-2-5-11)9-7(12)3-4-8(13-9)10(15)16/h3-4H,2,6,12H2,1H3,(H,15,16). The summed E-state index contributed by atoms with van der Waals surface area (Å²) >= 11 is 0. The van der Waals surface area contributed by atoms with Gasteiger partial charge in [-0.2, -0.15) is 5.26 Å². The monoisotopic (exact) mass is 220 g/mol. The molecule has 0 saturated carbocycles. The Morgan fingerprint density at radius 2 is 2.38 bits per heavy atom. The molecular formula is C10H12N4O2. The number of hydrogen-bond acceptors (Lipinski definition) is 5. The quantitative estimate of drug-likeness (QED) is 0.774. The third-order valence-electron chi connectivity index (χ3n) is 2.05. The van der Waals surface area contributed by atoms with E-state index >= 15 is 0 Å². The number of aromatic carboxylic acids is 1. The largest absolute Gasteiger partial charge is 0.477 e. The third-order valence-corrected chi connectivity index (χ3v) is 2.05. The molecule has 0 bridgehead atoms. The molecule has 0 aliphatic carbocycles. The van der Waals surface area contributed by atoms with Crippen molar-refractivity contribution >= 4 is 17.5 Å². The second-order valence-corrected chi connectivity index (χ2v) is 3.24. The van der Waals surface area contributed by atoms with E-state index in [1.807, 2.05) is 6.07 Å². The molecule has 1 aromatic rings. The molecule has 0 spiro atoms. The second-order valence-electron chi connectivity index (χ2n) is 3.24. The number of nitrogen functional groups attached to an aromatic ring is 1. The highest BCUT2D eigenvalue weighted by molar-refractivity contribution is 5.86. The molecule has 84 valence electrons. The van der Waals surface area contributed by atoms with Crippen LogP contribution in [0.5, 0.6) is 0 Å². The van der Waals surface area contributed by atoms with Crippen LogP contribution in [0.15, 0.2) is 12.1 Å². The first kappa shape index (κ1) is 11.8. The number of anilines is 2. The number of rotatable bonds is 4. The highest BCUT2D eigenvalue weighted by Crippen LogP contribution is 2.19.